The van der Waals surface area contributed by atoms with Gasteiger partial charge < -0.3 is 0 Å². The maximum Gasteiger partial charge on any atom is 0.0908 e. The molecule has 0 N–H and O–H groups in total. The molecule has 2 nitrogen and oxygen atoms in total. The van der Waals surface area contributed by atoms with Crippen LogP contribution in [0.1, 0.15) is 17.5 Å². The molecule has 0 aliphatic rings. The number of hydrogen-bond donors (Lipinski definition) is 0. The van der Waals surface area contributed by atoms with E-state index in [4.69, 9.17) is 5.26 Å². The van der Waals surface area contributed by atoms with Crippen LogP contribution in [0.4, 0.5) is 0 Å². The molecule has 0 aromatic heterocycles. The second-order valence-electron chi connectivity index (χ2n) is 5.00. The van der Waals surface area contributed by atoms with Gasteiger partial charge in [-0.05, 0) is 17.5 Å². The number of allylic oxidation sites excluding steroid dienone is 1. The highest BCUT2D eigenvalue weighted by Gasteiger charge is 2.06. The first-order valence-electron chi connectivity index (χ1n) is 7.23. The minimum absolute atomic E-state index is 0.896. The van der Waals surface area contributed by atoms with E-state index in [1.165, 1.54) is 11.1 Å². The fourth-order valence-electron chi connectivity index (χ4n) is 2.29. The van der Waals surface area contributed by atoms with Crippen LogP contribution in [0.5, 0.6) is 0 Å². The maximum atomic E-state index is 8.55. The van der Waals surface area contributed by atoms with E-state index < -0.39 is 0 Å². The standard InChI is InChI=1S/C19H20N2/c20-14-8-3-9-15-21(16-18-10-4-1-5-11-18)17-19-12-6-2-7-13-19/h1-8,10-13H,9,15-17H2/b8-3-. The van der Waals surface area contributed by atoms with E-state index in [1.807, 2.05) is 24.3 Å². The Morgan fingerprint density at radius 2 is 1.38 bits per heavy atom. The Bertz CT molecular complexity index is 540. The molecule has 2 aromatic rings. The quantitative estimate of drug-likeness (QED) is 0.710. The van der Waals surface area contributed by atoms with Crippen LogP contribution in [-0.2, 0) is 13.1 Å². The van der Waals surface area contributed by atoms with Crippen molar-refractivity contribution >= 4 is 0 Å². The first-order valence-corrected chi connectivity index (χ1v) is 7.23. The van der Waals surface area contributed by atoms with Crippen molar-refractivity contribution in [2.45, 2.75) is 19.5 Å². The van der Waals surface area contributed by atoms with Crippen molar-refractivity contribution < 1.29 is 0 Å². The van der Waals surface area contributed by atoms with Gasteiger partial charge in [-0.25, -0.2) is 0 Å². The molecule has 106 valence electrons. The SMILES string of the molecule is N#C/C=C\CCN(Cc1ccccc1)Cc1ccccc1. The summed E-state index contributed by atoms with van der Waals surface area (Å²) < 4.78 is 0. The molecule has 0 radical (unpaired) electrons. The third kappa shape index (κ3) is 5.64. The maximum absolute atomic E-state index is 8.55. The van der Waals surface area contributed by atoms with Crippen molar-refractivity contribution in [2.24, 2.45) is 0 Å². The van der Waals surface area contributed by atoms with Crippen LogP contribution in [-0.4, -0.2) is 11.4 Å². The topological polar surface area (TPSA) is 27.0 Å². The Labute approximate surface area is 127 Å². The second kappa shape index (κ2) is 8.73. The Balaban J connectivity index is 1.99. The van der Waals surface area contributed by atoms with Crippen LogP contribution < -0.4 is 0 Å². The smallest absolute Gasteiger partial charge is 0.0908 e. The summed E-state index contributed by atoms with van der Waals surface area (Å²) in [6, 6.07) is 23.0. The highest BCUT2D eigenvalue weighted by molar-refractivity contribution is 5.17. The Morgan fingerprint density at radius 1 is 0.857 bits per heavy atom. The molecule has 2 rings (SSSR count). The van der Waals surface area contributed by atoms with Gasteiger partial charge in [0.25, 0.3) is 0 Å². The van der Waals surface area contributed by atoms with Gasteiger partial charge in [0.05, 0.1) is 6.07 Å². The lowest BCUT2D eigenvalue weighted by Gasteiger charge is -2.22. The summed E-state index contributed by atoms with van der Waals surface area (Å²) in [6.45, 7) is 2.80. The van der Waals surface area contributed by atoms with Gasteiger partial charge in [0, 0.05) is 25.7 Å². The number of rotatable bonds is 7. The lowest BCUT2D eigenvalue weighted by Crippen LogP contribution is -2.23. The summed E-state index contributed by atoms with van der Waals surface area (Å²) >= 11 is 0. The van der Waals surface area contributed by atoms with Crippen LogP contribution in [0.2, 0.25) is 0 Å². The Morgan fingerprint density at radius 3 is 1.86 bits per heavy atom. The Kier molecular flexibility index (Phi) is 6.25. The normalized spacial score (nSPS) is 10.9. The Hall–Kier alpha value is -2.37. The molecule has 0 saturated carbocycles. The predicted octanol–water partition coefficient (Wildman–Crippen LogP) is 4.16. The predicted molar refractivity (Wildman–Crippen MR) is 86.4 cm³/mol. The van der Waals surface area contributed by atoms with Crippen LogP contribution >= 0.6 is 0 Å². The largest absolute Gasteiger partial charge is 0.295 e. The molecule has 0 aliphatic carbocycles. The number of nitrogens with zero attached hydrogens (tertiary/aromatic N) is 2. The molecular formula is C19H20N2. The van der Waals surface area contributed by atoms with Gasteiger partial charge in [-0.1, -0.05) is 66.7 Å². The van der Waals surface area contributed by atoms with Crippen molar-refractivity contribution in [3.63, 3.8) is 0 Å². The molecule has 2 aromatic carbocycles. The molecule has 0 saturated heterocycles. The molecule has 0 amide bonds. The van der Waals surface area contributed by atoms with E-state index in [9.17, 15) is 0 Å². The minimum atomic E-state index is 0.896. The highest BCUT2D eigenvalue weighted by Crippen LogP contribution is 2.10. The molecule has 0 heterocycles. The molecule has 0 atom stereocenters. The molecule has 0 spiro atoms. The first-order chi connectivity index (χ1) is 10.4. The third-order valence-electron chi connectivity index (χ3n) is 3.30. The molecule has 21 heavy (non-hydrogen) atoms. The number of hydrogen-bond acceptors (Lipinski definition) is 2. The minimum Gasteiger partial charge on any atom is -0.295 e. The van der Waals surface area contributed by atoms with Crippen molar-refractivity contribution in [1.82, 2.24) is 4.90 Å². The second-order valence-corrected chi connectivity index (χ2v) is 5.00. The van der Waals surface area contributed by atoms with Crippen molar-refractivity contribution in [2.75, 3.05) is 6.54 Å². The monoisotopic (exact) mass is 276 g/mol. The average molecular weight is 276 g/mol. The van der Waals surface area contributed by atoms with E-state index in [2.05, 4.69) is 53.4 Å². The summed E-state index contributed by atoms with van der Waals surface area (Å²) in [5, 5.41) is 8.55. The summed E-state index contributed by atoms with van der Waals surface area (Å²) in [6.07, 6.45) is 4.39. The summed E-state index contributed by atoms with van der Waals surface area (Å²) in [5.41, 5.74) is 2.63. The summed E-state index contributed by atoms with van der Waals surface area (Å²) in [7, 11) is 0. The van der Waals surface area contributed by atoms with Gasteiger partial charge in [-0.3, -0.25) is 4.90 Å². The number of nitriles is 1. The van der Waals surface area contributed by atoms with Gasteiger partial charge >= 0.3 is 0 Å². The number of benzene rings is 2. The van der Waals surface area contributed by atoms with E-state index in [-0.39, 0.29) is 0 Å². The van der Waals surface area contributed by atoms with Gasteiger partial charge in [0.2, 0.25) is 0 Å². The lowest BCUT2D eigenvalue weighted by atomic mass is 10.1. The van der Waals surface area contributed by atoms with Gasteiger partial charge in [-0.2, -0.15) is 5.26 Å². The van der Waals surface area contributed by atoms with Crippen molar-refractivity contribution in [3.05, 3.63) is 83.9 Å². The molecule has 0 unspecified atom stereocenters. The summed E-state index contributed by atoms with van der Waals surface area (Å²) in [5.74, 6) is 0. The van der Waals surface area contributed by atoms with E-state index >= 15 is 0 Å². The molecule has 0 fully saturated rings. The molecule has 0 aliphatic heterocycles. The average Bonchev–Trinajstić information content (AvgIpc) is 2.53. The molecular weight excluding hydrogens is 256 g/mol. The lowest BCUT2D eigenvalue weighted by molar-refractivity contribution is 0.262. The van der Waals surface area contributed by atoms with Crippen LogP contribution in [0.25, 0.3) is 0 Å². The van der Waals surface area contributed by atoms with Crippen LogP contribution in [0.15, 0.2) is 72.8 Å². The van der Waals surface area contributed by atoms with Crippen molar-refractivity contribution in [1.29, 1.82) is 5.26 Å². The van der Waals surface area contributed by atoms with Crippen LogP contribution in [0, 0.1) is 11.3 Å². The molecule has 0 bridgehead atoms. The fraction of sp³-hybridized carbons (Fsp3) is 0.211. The van der Waals surface area contributed by atoms with Crippen LogP contribution in [0.3, 0.4) is 0 Å². The van der Waals surface area contributed by atoms with Gasteiger partial charge in [0.1, 0.15) is 0 Å². The van der Waals surface area contributed by atoms with E-state index in [0.717, 1.165) is 26.1 Å². The van der Waals surface area contributed by atoms with Gasteiger partial charge in [-0.15, -0.1) is 0 Å². The zero-order valence-electron chi connectivity index (χ0n) is 12.2. The zero-order chi connectivity index (χ0) is 14.8. The third-order valence-corrected chi connectivity index (χ3v) is 3.30. The highest BCUT2D eigenvalue weighted by atomic mass is 15.1. The van der Waals surface area contributed by atoms with E-state index in [0.29, 0.717) is 0 Å². The van der Waals surface area contributed by atoms with Crippen molar-refractivity contribution in [3.8, 4) is 6.07 Å². The van der Waals surface area contributed by atoms with Gasteiger partial charge in [0.15, 0.2) is 0 Å². The molecule has 2 heteroatoms. The first kappa shape index (κ1) is 15.0. The van der Waals surface area contributed by atoms with E-state index in [1.54, 1.807) is 6.08 Å². The summed E-state index contributed by atoms with van der Waals surface area (Å²) in [4.78, 5) is 2.41. The zero-order valence-corrected chi connectivity index (χ0v) is 12.2. The fourth-order valence-corrected chi connectivity index (χ4v) is 2.29.